The van der Waals surface area contributed by atoms with Crippen LogP contribution in [0.25, 0.3) is 22.4 Å². The predicted octanol–water partition coefficient (Wildman–Crippen LogP) is 3.56. The number of aliphatic carboxylic acids is 1. The Balaban J connectivity index is 2.08. The average molecular weight is 383 g/mol. The van der Waals surface area contributed by atoms with Crippen molar-refractivity contribution in [3.8, 4) is 11.3 Å². The van der Waals surface area contributed by atoms with Crippen LogP contribution in [-0.4, -0.2) is 33.2 Å². The molecule has 8 heteroatoms. The van der Waals surface area contributed by atoms with Crippen molar-refractivity contribution < 1.29 is 23.6 Å². The molecule has 0 fully saturated rings. The van der Waals surface area contributed by atoms with Gasteiger partial charge in [0.2, 0.25) is 0 Å². The standard InChI is InChI=1S/C20H21N3O5/c1-5-6-7-15(20(25)26)21-18(24)14-9-16(13-8-10(2)27-12(13)4)22-19-17(14)11(3)23-28-19/h5-6,8-9,15H,7H2,1-4H3,(H,21,24)(H,25,26)/b6-5+. The fourth-order valence-corrected chi connectivity index (χ4v) is 3.03. The number of carboxylic acids is 1. The van der Waals surface area contributed by atoms with Crippen molar-refractivity contribution >= 4 is 23.0 Å². The van der Waals surface area contributed by atoms with E-state index in [0.717, 1.165) is 5.56 Å². The molecule has 0 aliphatic heterocycles. The zero-order valence-corrected chi connectivity index (χ0v) is 16.1. The van der Waals surface area contributed by atoms with E-state index in [2.05, 4.69) is 15.5 Å². The number of carbonyl (C=O) groups excluding carboxylic acids is 1. The summed E-state index contributed by atoms with van der Waals surface area (Å²) < 4.78 is 10.8. The van der Waals surface area contributed by atoms with Crippen LogP contribution in [0.5, 0.6) is 0 Å². The fourth-order valence-electron chi connectivity index (χ4n) is 3.03. The third kappa shape index (κ3) is 3.66. The molecule has 0 aliphatic carbocycles. The lowest BCUT2D eigenvalue weighted by atomic mass is 10.0. The maximum atomic E-state index is 12.9. The van der Waals surface area contributed by atoms with Crippen LogP contribution < -0.4 is 5.32 Å². The van der Waals surface area contributed by atoms with Gasteiger partial charge in [-0.25, -0.2) is 9.78 Å². The van der Waals surface area contributed by atoms with Gasteiger partial charge in [0, 0.05) is 5.56 Å². The molecule has 0 spiro atoms. The highest BCUT2D eigenvalue weighted by Gasteiger charge is 2.24. The van der Waals surface area contributed by atoms with Gasteiger partial charge < -0.3 is 19.4 Å². The number of nitrogens with zero attached hydrogens (tertiary/aromatic N) is 2. The molecule has 0 aromatic carbocycles. The molecule has 146 valence electrons. The monoisotopic (exact) mass is 383 g/mol. The number of nitrogens with one attached hydrogen (secondary N) is 1. The number of carboxylic acid groups (broad SMARTS) is 1. The van der Waals surface area contributed by atoms with Crippen molar-refractivity contribution in [2.24, 2.45) is 0 Å². The van der Waals surface area contributed by atoms with Crippen LogP contribution in [0.15, 0.2) is 33.2 Å². The van der Waals surface area contributed by atoms with E-state index in [1.165, 1.54) is 0 Å². The smallest absolute Gasteiger partial charge is 0.326 e. The van der Waals surface area contributed by atoms with Crippen molar-refractivity contribution in [1.82, 2.24) is 15.5 Å². The molecule has 2 N–H and O–H groups in total. The topological polar surface area (TPSA) is 118 Å². The van der Waals surface area contributed by atoms with E-state index >= 15 is 0 Å². The third-order valence-corrected chi connectivity index (χ3v) is 4.39. The van der Waals surface area contributed by atoms with Gasteiger partial charge in [-0.3, -0.25) is 4.79 Å². The minimum Gasteiger partial charge on any atom is -0.480 e. The number of amides is 1. The maximum Gasteiger partial charge on any atom is 0.326 e. The van der Waals surface area contributed by atoms with Crippen molar-refractivity contribution in [2.45, 2.75) is 40.2 Å². The molecule has 0 aliphatic rings. The largest absolute Gasteiger partial charge is 0.480 e. The first kappa shape index (κ1) is 19.3. The van der Waals surface area contributed by atoms with Gasteiger partial charge in [0.15, 0.2) is 0 Å². The summed E-state index contributed by atoms with van der Waals surface area (Å²) in [5, 5.41) is 16.3. The Kier molecular flexibility index (Phi) is 5.30. The van der Waals surface area contributed by atoms with Crippen LogP contribution in [0, 0.1) is 20.8 Å². The molecule has 3 heterocycles. The summed E-state index contributed by atoms with van der Waals surface area (Å²) in [4.78, 5) is 28.9. The quantitative estimate of drug-likeness (QED) is 0.625. The Morgan fingerprint density at radius 3 is 2.64 bits per heavy atom. The summed E-state index contributed by atoms with van der Waals surface area (Å²) in [6.45, 7) is 7.11. The Hall–Kier alpha value is -3.42. The van der Waals surface area contributed by atoms with Crippen molar-refractivity contribution in [3.63, 3.8) is 0 Å². The zero-order chi connectivity index (χ0) is 20.4. The molecule has 0 saturated carbocycles. The number of allylic oxidation sites excluding steroid dienone is 1. The minimum absolute atomic E-state index is 0.182. The lowest BCUT2D eigenvalue weighted by Crippen LogP contribution is -2.40. The second-order valence-electron chi connectivity index (χ2n) is 6.50. The Morgan fingerprint density at radius 2 is 2.04 bits per heavy atom. The van der Waals surface area contributed by atoms with Gasteiger partial charge in [-0.05, 0) is 46.2 Å². The highest BCUT2D eigenvalue weighted by molar-refractivity contribution is 6.08. The molecule has 28 heavy (non-hydrogen) atoms. The van der Waals surface area contributed by atoms with E-state index in [4.69, 9.17) is 8.94 Å². The minimum atomic E-state index is -1.11. The van der Waals surface area contributed by atoms with E-state index in [1.54, 1.807) is 39.0 Å². The summed E-state index contributed by atoms with van der Waals surface area (Å²) in [5.74, 6) is -0.273. The predicted molar refractivity (Wildman–Crippen MR) is 102 cm³/mol. The van der Waals surface area contributed by atoms with Gasteiger partial charge in [0.25, 0.3) is 11.6 Å². The first-order valence-corrected chi connectivity index (χ1v) is 8.81. The molecule has 3 rings (SSSR count). The van der Waals surface area contributed by atoms with Crippen LogP contribution in [-0.2, 0) is 4.79 Å². The Labute approximate surface area is 161 Å². The lowest BCUT2D eigenvalue weighted by molar-refractivity contribution is -0.139. The lowest BCUT2D eigenvalue weighted by Gasteiger charge is -2.13. The van der Waals surface area contributed by atoms with E-state index in [0.29, 0.717) is 28.3 Å². The number of hydrogen-bond acceptors (Lipinski definition) is 6. The molecule has 3 aromatic heterocycles. The van der Waals surface area contributed by atoms with Crippen LogP contribution in [0.1, 0.15) is 40.9 Å². The number of carbonyl (C=O) groups is 2. The Morgan fingerprint density at radius 1 is 1.29 bits per heavy atom. The number of aryl methyl sites for hydroxylation is 3. The number of fused-ring (bicyclic) bond motifs is 1. The second kappa shape index (κ2) is 7.67. The third-order valence-electron chi connectivity index (χ3n) is 4.39. The highest BCUT2D eigenvalue weighted by Crippen LogP contribution is 2.30. The molecular weight excluding hydrogens is 362 g/mol. The van der Waals surface area contributed by atoms with E-state index in [1.807, 2.05) is 13.0 Å². The van der Waals surface area contributed by atoms with Gasteiger partial charge in [-0.15, -0.1) is 0 Å². The average Bonchev–Trinajstić information content (AvgIpc) is 3.19. The normalized spacial score (nSPS) is 12.6. The molecular formula is C20H21N3O5. The van der Waals surface area contributed by atoms with Crippen molar-refractivity contribution in [3.05, 3.63) is 47.1 Å². The number of hydrogen-bond donors (Lipinski definition) is 2. The second-order valence-corrected chi connectivity index (χ2v) is 6.50. The zero-order valence-electron chi connectivity index (χ0n) is 16.1. The highest BCUT2D eigenvalue weighted by atomic mass is 16.5. The number of furan rings is 1. The summed E-state index contributed by atoms with van der Waals surface area (Å²) in [5.41, 5.74) is 2.18. The molecule has 3 aromatic rings. The van der Waals surface area contributed by atoms with E-state index in [-0.39, 0.29) is 17.7 Å². The van der Waals surface area contributed by atoms with Gasteiger partial charge in [0.1, 0.15) is 17.6 Å². The van der Waals surface area contributed by atoms with Crippen molar-refractivity contribution in [1.29, 1.82) is 0 Å². The Bertz CT molecular complexity index is 1080. The van der Waals surface area contributed by atoms with E-state index in [9.17, 15) is 14.7 Å². The summed E-state index contributed by atoms with van der Waals surface area (Å²) >= 11 is 0. The molecule has 1 amide bonds. The van der Waals surface area contributed by atoms with Crippen LogP contribution in [0.2, 0.25) is 0 Å². The first-order valence-electron chi connectivity index (χ1n) is 8.81. The van der Waals surface area contributed by atoms with Gasteiger partial charge >= 0.3 is 5.97 Å². The van der Waals surface area contributed by atoms with E-state index < -0.39 is 17.9 Å². The number of rotatable bonds is 6. The first-order chi connectivity index (χ1) is 13.3. The summed E-state index contributed by atoms with van der Waals surface area (Å²) in [6, 6.07) is 2.38. The molecule has 0 bridgehead atoms. The van der Waals surface area contributed by atoms with Crippen LogP contribution >= 0.6 is 0 Å². The maximum absolute atomic E-state index is 12.9. The SMILES string of the molecule is C/C=C/CC(NC(=O)c1cc(-c2cc(C)oc2C)nc2onc(C)c12)C(=O)O. The van der Waals surface area contributed by atoms with Gasteiger partial charge in [0.05, 0.1) is 22.3 Å². The molecule has 0 saturated heterocycles. The van der Waals surface area contributed by atoms with Crippen LogP contribution in [0.3, 0.4) is 0 Å². The van der Waals surface area contributed by atoms with Gasteiger partial charge in [-0.2, -0.15) is 0 Å². The molecule has 8 nitrogen and oxygen atoms in total. The summed E-state index contributed by atoms with van der Waals surface area (Å²) in [6.07, 6.45) is 3.61. The number of pyridine rings is 1. The summed E-state index contributed by atoms with van der Waals surface area (Å²) in [7, 11) is 0. The fraction of sp³-hybridized carbons (Fsp3) is 0.300. The van der Waals surface area contributed by atoms with Gasteiger partial charge in [-0.1, -0.05) is 17.3 Å². The van der Waals surface area contributed by atoms with Crippen LogP contribution in [0.4, 0.5) is 0 Å². The van der Waals surface area contributed by atoms with Crippen molar-refractivity contribution in [2.75, 3.05) is 0 Å². The molecule has 1 unspecified atom stereocenters. The molecule has 1 atom stereocenters. The molecule has 0 radical (unpaired) electrons. The number of aromatic nitrogens is 2.